The van der Waals surface area contributed by atoms with E-state index in [1.165, 1.54) is 0 Å². The van der Waals surface area contributed by atoms with Crippen molar-refractivity contribution in [2.24, 2.45) is 0 Å². The van der Waals surface area contributed by atoms with Crippen LogP contribution in [0.15, 0.2) is 0 Å². The maximum absolute atomic E-state index is 12.1. The lowest BCUT2D eigenvalue weighted by atomic mass is 10.1. The van der Waals surface area contributed by atoms with Crippen LogP contribution >= 0.6 is 0 Å². The van der Waals surface area contributed by atoms with Crippen LogP contribution in [0.4, 0.5) is 0 Å². The molecular weight excluding hydrogens is 270 g/mol. The average Bonchev–Trinajstić information content (AvgIpc) is 3.09. The first-order chi connectivity index (χ1) is 10.1. The van der Waals surface area contributed by atoms with Gasteiger partial charge in [0.05, 0.1) is 6.54 Å². The van der Waals surface area contributed by atoms with Crippen molar-refractivity contribution in [3.8, 4) is 0 Å². The number of likely N-dealkylation sites (tertiary alicyclic amines) is 1. The molecule has 3 rings (SSSR count). The van der Waals surface area contributed by atoms with Crippen LogP contribution in [0.25, 0.3) is 0 Å². The molecule has 0 aromatic heterocycles. The number of hydrogen-bond donors (Lipinski definition) is 0. The summed E-state index contributed by atoms with van der Waals surface area (Å²) in [5.74, 6) is 0.180. The number of nitrogens with zero attached hydrogens (tertiary/aromatic N) is 3. The molecule has 1 amide bonds. The molecule has 2 unspecified atom stereocenters. The molecule has 0 aliphatic carbocycles. The quantitative estimate of drug-likeness (QED) is 0.682. The van der Waals surface area contributed by atoms with Gasteiger partial charge in [0, 0.05) is 45.7 Å². The monoisotopic (exact) mass is 295 g/mol. The summed E-state index contributed by atoms with van der Waals surface area (Å²) in [4.78, 5) is 30.3. The number of carbonyl (C=O) groups excluding carboxylic acids is 2. The van der Waals surface area contributed by atoms with Crippen LogP contribution in [0.3, 0.4) is 0 Å². The lowest BCUT2D eigenvalue weighted by Gasteiger charge is -2.36. The summed E-state index contributed by atoms with van der Waals surface area (Å²) in [5.41, 5.74) is 0. The summed E-state index contributed by atoms with van der Waals surface area (Å²) in [5, 5.41) is 0. The van der Waals surface area contributed by atoms with Crippen molar-refractivity contribution in [3.05, 3.63) is 0 Å². The van der Waals surface area contributed by atoms with Gasteiger partial charge in [-0.3, -0.25) is 19.4 Å². The third-order valence-electron chi connectivity index (χ3n) is 4.81. The van der Waals surface area contributed by atoms with Crippen molar-refractivity contribution in [1.82, 2.24) is 14.7 Å². The number of esters is 1. The molecular formula is C15H25N3O3. The summed E-state index contributed by atoms with van der Waals surface area (Å²) in [7, 11) is 0. The molecule has 2 atom stereocenters. The zero-order valence-corrected chi connectivity index (χ0v) is 12.8. The molecule has 0 bridgehead atoms. The second kappa shape index (κ2) is 6.32. The number of amides is 1. The molecule has 6 heteroatoms. The Kier molecular flexibility index (Phi) is 4.45. The van der Waals surface area contributed by atoms with E-state index in [1.54, 1.807) is 0 Å². The second-order valence-corrected chi connectivity index (χ2v) is 6.40. The van der Waals surface area contributed by atoms with E-state index in [-0.39, 0.29) is 24.0 Å². The summed E-state index contributed by atoms with van der Waals surface area (Å²) >= 11 is 0. The van der Waals surface area contributed by atoms with Gasteiger partial charge >= 0.3 is 5.97 Å². The fourth-order valence-electron chi connectivity index (χ4n) is 3.52. The van der Waals surface area contributed by atoms with Crippen LogP contribution in [-0.2, 0) is 14.3 Å². The molecule has 6 nitrogen and oxygen atoms in total. The molecule has 3 aliphatic heterocycles. The smallest absolute Gasteiger partial charge is 0.323 e. The van der Waals surface area contributed by atoms with Gasteiger partial charge in [-0.15, -0.1) is 0 Å². The van der Waals surface area contributed by atoms with Crippen molar-refractivity contribution >= 4 is 11.9 Å². The normalized spacial score (nSPS) is 31.7. The lowest BCUT2D eigenvalue weighted by molar-refractivity contribution is -0.145. The zero-order chi connectivity index (χ0) is 14.8. The predicted molar refractivity (Wildman–Crippen MR) is 77.8 cm³/mol. The molecule has 21 heavy (non-hydrogen) atoms. The van der Waals surface area contributed by atoms with Gasteiger partial charge in [-0.2, -0.15) is 0 Å². The van der Waals surface area contributed by atoms with Crippen LogP contribution in [0.2, 0.25) is 0 Å². The minimum Gasteiger partial charge on any atom is -0.461 e. The fraction of sp³-hybridized carbons (Fsp3) is 0.867. The highest BCUT2D eigenvalue weighted by molar-refractivity contribution is 5.79. The van der Waals surface area contributed by atoms with Gasteiger partial charge in [0.25, 0.3) is 0 Å². The molecule has 0 aromatic carbocycles. The van der Waals surface area contributed by atoms with Crippen LogP contribution in [0.1, 0.15) is 26.2 Å². The Balaban J connectivity index is 1.44. The number of cyclic esters (lactones) is 1. The summed E-state index contributed by atoms with van der Waals surface area (Å²) in [6, 6.07) is -0.0727. The number of rotatable bonds is 3. The zero-order valence-electron chi connectivity index (χ0n) is 12.8. The van der Waals surface area contributed by atoms with E-state index in [4.69, 9.17) is 4.74 Å². The van der Waals surface area contributed by atoms with Gasteiger partial charge in [0.2, 0.25) is 5.91 Å². The maximum Gasteiger partial charge on any atom is 0.323 e. The van der Waals surface area contributed by atoms with Crippen LogP contribution in [0.5, 0.6) is 0 Å². The largest absolute Gasteiger partial charge is 0.461 e. The van der Waals surface area contributed by atoms with Crippen LogP contribution in [-0.4, -0.2) is 84.5 Å². The maximum atomic E-state index is 12.1. The van der Waals surface area contributed by atoms with Gasteiger partial charge < -0.3 is 9.64 Å². The van der Waals surface area contributed by atoms with E-state index in [1.807, 2.05) is 11.8 Å². The van der Waals surface area contributed by atoms with Crippen molar-refractivity contribution in [2.75, 3.05) is 45.8 Å². The number of ether oxygens (including phenoxy) is 1. The molecule has 0 saturated carbocycles. The molecule has 3 heterocycles. The third kappa shape index (κ3) is 3.37. The Bertz CT molecular complexity index is 401. The average molecular weight is 295 g/mol. The van der Waals surface area contributed by atoms with Gasteiger partial charge in [0.1, 0.15) is 12.1 Å². The summed E-state index contributed by atoms with van der Waals surface area (Å²) in [6.07, 6.45) is 3.12. The second-order valence-electron chi connectivity index (χ2n) is 6.40. The first-order valence-electron chi connectivity index (χ1n) is 8.08. The first kappa shape index (κ1) is 14.8. The first-order valence-corrected chi connectivity index (χ1v) is 8.08. The molecule has 118 valence electrons. The minimum atomic E-state index is -0.0795. The molecule has 0 radical (unpaired) electrons. The van der Waals surface area contributed by atoms with Gasteiger partial charge in [-0.25, -0.2) is 0 Å². The highest BCUT2D eigenvalue weighted by atomic mass is 16.6. The SMILES string of the molecule is CC1CC(N2CCN(CC(=O)N3CCCC3)CC2)C(=O)O1. The Morgan fingerprint density at radius 2 is 1.81 bits per heavy atom. The molecule has 0 aromatic rings. The van der Waals surface area contributed by atoms with Gasteiger partial charge in [-0.1, -0.05) is 0 Å². The predicted octanol–water partition coefficient (Wildman–Crippen LogP) is -0.0696. The van der Waals surface area contributed by atoms with Crippen LogP contribution in [0, 0.1) is 0 Å². The van der Waals surface area contributed by atoms with Crippen molar-refractivity contribution in [1.29, 1.82) is 0 Å². The number of hydrogen-bond acceptors (Lipinski definition) is 5. The number of carbonyl (C=O) groups is 2. The van der Waals surface area contributed by atoms with E-state index in [9.17, 15) is 9.59 Å². The molecule has 0 spiro atoms. The third-order valence-corrected chi connectivity index (χ3v) is 4.81. The summed E-state index contributed by atoms with van der Waals surface area (Å²) in [6.45, 7) is 7.73. The molecule has 3 aliphatic rings. The fourth-order valence-corrected chi connectivity index (χ4v) is 3.52. The molecule has 3 saturated heterocycles. The topological polar surface area (TPSA) is 53.1 Å². The highest BCUT2D eigenvalue weighted by Gasteiger charge is 2.37. The van der Waals surface area contributed by atoms with E-state index < -0.39 is 0 Å². The van der Waals surface area contributed by atoms with Crippen molar-refractivity contribution in [2.45, 2.75) is 38.3 Å². The Morgan fingerprint density at radius 1 is 1.14 bits per heavy atom. The van der Waals surface area contributed by atoms with Gasteiger partial charge in [0.15, 0.2) is 0 Å². The van der Waals surface area contributed by atoms with E-state index in [0.29, 0.717) is 6.54 Å². The van der Waals surface area contributed by atoms with E-state index in [0.717, 1.165) is 58.5 Å². The molecule has 0 N–H and O–H groups in total. The van der Waals surface area contributed by atoms with E-state index in [2.05, 4.69) is 9.80 Å². The van der Waals surface area contributed by atoms with Gasteiger partial charge in [-0.05, 0) is 19.8 Å². The van der Waals surface area contributed by atoms with Crippen molar-refractivity contribution < 1.29 is 14.3 Å². The standard InChI is InChI=1S/C15H25N3O3/c1-12-10-13(15(20)21-12)17-8-6-16(7-9-17)11-14(19)18-4-2-3-5-18/h12-13H,2-11H2,1H3. The summed E-state index contributed by atoms with van der Waals surface area (Å²) < 4.78 is 5.23. The Morgan fingerprint density at radius 3 is 2.38 bits per heavy atom. The minimum absolute atomic E-state index is 0.0391. The van der Waals surface area contributed by atoms with E-state index >= 15 is 0 Å². The molecule has 3 fully saturated rings. The van der Waals surface area contributed by atoms with Crippen LogP contribution < -0.4 is 0 Å². The Labute approximate surface area is 126 Å². The highest BCUT2D eigenvalue weighted by Crippen LogP contribution is 2.21. The van der Waals surface area contributed by atoms with Crippen molar-refractivity contribution in [3.63, 3.8) is 0 Å². The lowest BCUT2D eigenvalue weighted by Crippen LogP contribution is -2.53. The Hall–Kier alpha value is -1.14. The number of piperazine rings is 1.